The van der Waals surface area contributed by atoms with Crippen LogP contribution >= 0.6 is 11.6 Å². The molecule has 170 valence electrons. The molecule has 8 nitrogen and oxygen atoms in total. The largest absolute Gasteiger partial charge is 0.394 e. The van der Waals surface area contributed by atoms with Crippen LogP contribution in [0.4, 0.5) is 11.8 Å². The van der Waals surface area contributed by atoms with Crippen LogP contribution < -0.4 is 10.2 Å². The molecule has 32 heavy (non-hydrogen) atoms. The molecule has 3 atom stereocenters. The van der Waals surface area contributed by atoms with Crippen LogP contribution in [0.1, 0.15) is 62.4 Å². The van der Waals surface area contributed by atoms with Crippen molar-refractivity contribution in [1.29, 1.82) is 0 Å². The lowest BCUT2D eigenvalue weighted by molar-refractivity contribution is 0.143. The fourth-order valence-electron chi connectivity index (χ4n) is 5.69. The summed E-state index contributed by atoms with van der Waals surface area (Å²) in [5.41, 5.74) is 0.556. The minimum Gasteiger partial charge on any atom is -0.394 e. The van der Waals surface area contributed by atoms with Gasteiger partial charge in [0.2, 0.25) is 5.95 Å². The molecule has 2 bridgehead atoms. The van der Waals surface area contributed by atoms with Gasteiger partial charge in [-0.3, -0.25) is 4.21 Å². The number of aryl methyl sites for hydroxylation is 1. The number of hydrogen-bond donors (Lipinski definition) is 2. The first kappa shape index (κ1) is 20.7. The first-order valence-electron chi connectivity index (χ1n) is 11.5. The van der Waals surface area contributed by atoms with Crippen molar-refractivity contribution in [2.75, 3.05) is 22.6 Å². The number of halogens is 1. The van der Waals surface area contributed by atoms with Gasteiger partial charge in [0.15, 0.2) is 0 Å². The number of aromatic nitrogens is 4. The third-order valence-corrected chi connectivity index (χ3v) is 9.31. The molecule has 2 aromatic rings. The molecule has 5 heterocycles. The van der Waals surface area contributed by atoms with E-state index in [0.29, 0.717) is 34.6 Å². The number of anilines is 2. The summed E-state index contributed by atoms with van der Waals surface area (Å²) in [5.74, 6) is 3.23. The molecule has 10 heteroatoms. The van der Waals surface area contributed by atoms with Gasteiger partial charge < -0.3 is 15.3 Å². The number of piperidine rings is 1. The number of nitrogens with one attached hydrogen (secondary N) is 1. The van der Waals surface area contributed by atoms with Crippen molar-refractivity contribution >= 4 is 34.2 Å². The molecular formula is C22H27ClN6O2S. The van der Waals surface area contributed by atoms with E-state index in [1.165, 1.54) is 0 Å². The lowest BCUT2D eigenvalue weighted by Crippen LogP contribution is -2.61. The molecular weight excluding hydrogens is 448 g/mol. The Morgan fingerprint density at radius 1 is 1.16 bits per heavy atom. The zero-order valence-electron chi connectivity index (χ0n) is 17.8. The molecule has 2 aromatic heterocycles. The maximum absolute atomic E-state index is 12.9. The Hall–Kier alpha value is -1.84. The predicted molar refractivity (Wildman–Crippen MR) is 123 cm³/mol. The standard InChI is InChI=1S/C22H27ClN6O2S/c23-14-10-24-19(25-11-14)13-7-15-9-16(8-13)29(15)21-26-17-3-1-6-32(31)18(17)20(27-21)28-22(12-30)4-2-5-22/h10-11,13,15-16,30H,1-9,12H2,(H,26,27,28)/t13?,15?,16?,32-/m0/s1. The van der Waals surface area contributed by atoms with E-state index in [2.05, 4.69) is 20.2 Å². The summed E-state index contributed by atoms with van der Waals surface area (Å²) in [7, 11) is -1.10. The summed E-state index contributed by atoms with van der Waals surface area (Å²) in [4.78, 5) is 21.8. The van der Waals surface area contributed by atoms with Crippen LogP contribution in [-0.2, 0) is 17.2 Å². The third-order valence-electron chi connectivity index (χ3n) is 7.57. The minimum atomic E-state index is -1.10. The summed E-state index contributed by atoms with van der Waals surface area (Å²) in [6, 6.07) is 0.710. The Labute approximate surface area is 194 Å². The molecule has 0 radical (unpaired) electrons. The fraction of sp³-hybridized carbons (Fsp3) is 0.636. The van der Waals surface area contributed by atoms with Gasteiger partial charge in [0.05, 0.1) is 33.7 Å². The Bertz CT molecular complexity index is 1050. The molecule has 0 aromatic carbocycles. The lowest BCUT2D eigenvalue weighted by atomic mass is 9.73. The number of nitrogens with zero attached hydrogens (tertiary/aromatic N) is 5. The quantitative estimate of drug-likeness (QED) is 0.681. The second-order valence-electron chi connectivity index (χ2n) is 9.60. The van der Waals surface area contributed by atoms with Crippen molar-refractivity contribution in [3.05, 3.63) is 28.9 Å². The SMILES string of the molecule is O=[S@]1CCCc2nc(N3C4CC(c5ncc(Cl)cn5)CC3C4)nc(NC3(CO)CCC3)c21. The monoisotopic (exact) mass is 474 g/mol. The van der Waals surface area contributed by atoms with E-state index in [1.807, 2.05) is 0 Å². The molecule has 2 saturated heterocycles. The highest BCUT2D eigenvalue weighted by Gasteiger charge is 2.48. The van der Waals surface area contributed by atoms with Gasteiger partial charge in [-0.25, -0.2) is 15.0 Å². The maximum Gasteiger partial charge on any atom is 0.228 e. The van der Waals surface area contributed by atoms with Crippen molar-refractivity contribution in [3.63, 3.8) is 0 Å². The van der Waals surface area contributed by atoms with Crippen LogP contribution in [0.25, 0.3) is 0 Å². The Balaban J connectivity index is 1.29. The van der Waals surface area contributed by atoms with Gasteiger partial charge in [-0.15, -0.1) is 0 Å². The Morgan fingerprint density at radius 2 is 1.91 bits per heavy atom. The van der Waals surface area contributed by atoms with Crippen LogP contribution in [0.3, 0.4) is 0 Å². The minimum absolute atomic E-state index is 0.0610. The average Bonchev–Trinajstić information content (AvgIpc) is 2.76. The third kappa shape index (κ3) is 3.40. The maximum atomic E-state index is 12.9. The van der Waals surface area contributed by atoms with Gasteiger partial charge in [-0.1, -0.05) is 11.6 Å². The van der Waals surface area contributed by atoms with Crippen molar-refractivity contribution < 1.29 is 9.32 Å². The predicted octanol–water partition coefficient (Wildman–Crippen LogP) is 2.83. The van der Waals surface area contributed by atoms with E-state index in [1.54, 1.807) is 12.4 Å². The summed E-state index contributed by atoms with van der Waals surface area (Å²) in [5, 5.41) is 14.0. The molecule has 5 aliphatic rings. The molecule has 0 amide bonds. The number of aliphatic hydroxyl groups is 1. The van der Waals surface area contributed by atoms with E-state index < -0.39 is 10.8 Å². The number of aliphatic hydroxyl groups excluding tert-OH is 1. The van der Waals surface area contributed by atoms with Gasteiger partial charge >= 0.3 is 0 Å². The Morgan fingerprint density at radius 3 is 2.56 bits per heavy atom. The van der Waals surface area contributed by atoms with Crippen molar-refractivity contribution in [1.82, 2.24) is 19.9 Å². The van der Waals surface area contributed by atoms with Gasteiger partial charge in [0, 0.05) is 36.1 Å². The zero-order valence-corrected chi connectivity index (χ0v) is 19.4. The normalized spacial score (nSPS) is 30.1. The summed E-state index contributed by atoms with van der Waals surface area (Å²) in [6.07, 6.45) is 11.0. The van der Waals surface area contributed by atoms with E-state index in [9.17, 15) is 9.32 Å². The van der Waals surface area contributed by atoms with Crippen molar-refractivity contribution in [3.8, 4) is 0 Å². The van der Waals surface area contributed by atoms with Crippen LogP contribution in [0.15, 0.2) is 17.3 Å². The number of fused-ring (bicyclic) bond motifs is 3. The molecule has 2 saturated carbocycles. The summed E-state index contributed by atoms with van der Waals surface area (Å²) < 4.78 is 12.9. The van der Waals surface area contributed by atoms with E-state index >= 15 is 0 Å². The summed E-state index contributed by atoms with van der Waals surface area (Å²) >= 11 is 5.95. The number of rotatable bonds is 5. The first-order chi connectivity index (χ1) is 15.5. The highest BCUT2D eigenvalue weighted by Crippen LogP contribution is 2.47. The molecule has 2 N–H and O–H groups in total. The molecule has 2 aliphatic carbocycles. The van der Waals surface area contributed by atoms with E-state index in [0.717, 1.165) is 73.7 Å². The van der Waals surface area contributed by atoms with E-state index in [-0.39, 0.29) is 12.1 Å². The molecule has 4 fully saturated rings. The van der Waals surface area contributed by atoms with Gasteiger partial charge in [-0.2, -0.15) is 4.98 Å². The molecule has 3 aliphatic heterocycles. The topological polar surface area (TPSA) is 104 Å². The van der Waals surface area contributed by atoms with Crippen LogP contribution in [-0.4, -0.2) is 59.2 Å². The van der Waals surface area contributed by atoms with Crippen LogP contribution in [0.5, 0.6) is 0 Å². The fourth-order valence-corrected chi connectivity index (χ4v) is 7.12. The first-order valence-corrected chi connectivity index (χ1v) is 13.2. The van der Waals surface area contributed by atoms with E-state index in [4.69, 9.17) is 21.6 Å². The number of hydrogen-bond acceptors (Lipinski definition) is 8. The second-order valence-corrected chi connectivity index (χ2v) is 11.5. The highest BCUT2D eigenvalue weighted by molar-refractivity contribution is 7.85. The Kier molecular flexibility index (Phi) is 5.11. The highest BCUT2D eigenvalue weighted by atomic mass is 35.5. The molecule has 2 unspecified atom stereocenters. The van der Waals surface area contributed by atoms with Crippen molar-refractivity contribution in [2.24, 2.45) is 0 Å². The van der Waals surface area contributed by atoms with Gasteiger partial charge in [-0.05, 0) is 51.4 Å². The zero-order chi connectivity index (χ0) is 21.9. The van der Waals surface area contributed by atoms with Crippen LogP contribution in [0.2, 0.25) is 5.02 Å². The smallest absolute Gasteiger partial charge is 0.228 e. The molecule has 0 spiro atoms. The van der Waals surface area contributed by atoms with Crippen molar-refractivity contribution in [2.45, 2.75) is 79.8 Å². The van der Waals surface area contributed by atoms with Gasteiger partial charge in [0.25, 0.3) is 0 Å². The second kappa shape index (κ2) is 7.88. The molecule has 7 rings (SSSR count). The lowest BCUT2D eigenvalue weighted by Gasteiger charge is -2.55. The van der Waals surface area contributed by atoms with Crippen LogP contribution in [0, 0.1) is 0 Å². The average molecular weight is 475 g/mol. The summed E-state index contributed by atoms with van der Waals surface area (Å²) in [6.45, 7) is 0.0610. The van der Waals surface area contributed by atoms with Gasteiger partial charge in [0.1, 0.15) is 16.5 Å².